The van der Waals surface area contributed by atoms with E-state index in [1.807, 2.05) is 25.2 Å². The quantitative estimate of drug-likeness (QED) is 0.777. The second-order valence-electron chi connectivity index (χ2n) is 4.11. The van der Waals surface area contributed by atoms with Gasteiger partial charge in [-0.05, 0) is 17.7 Å². The Bertz CT molecular complexity index is 495. The molecule has 0 bridgehead atoms. The predicted octanol–water partition coefficient (Wildman–Crippen LogP) is 1.16. The summed E-state index contributed by atoms with van der Waals surface area (Å²) in [5.41, 5.74) is 1.21. The SMILES string of the molecule is COc1cccc(CNCCc2ncn(C)n2)c1. The molecule has 0 aliphatic rings. The first-order valence-corrected chi connectivity index (χ1v) is 5.96. The molecule has 0 radical (unpaired) electrons. The van der Waals surface area contributed by atoms with Gasteiger partial charge in [-0.3, -0.25) is 4.68 Å². The lowest BCUT2D eigenvalue weighted by atomic mass is 10.2. The first-order valence-electron chi connectivity index (χ1n) is 5.96. The Labute approximate surface area is 107 Å². The Morgan fingerprint density at radius 3 is 3.00 bits per heavy atom. The minimum Gasteiger partial charge on any atom is -0.497 e. The molecule has 5 nitrogen and oxygen atoms in total. The van der Waals surface area contributed by atoms with Crippen molar-refractivity contribution in [3.8, 4) is 5.75 Å². The van der Waals surface area contributed by atoms with Crippen LogP contribution in [0.2, 0.25) is 0 Å². The first-order chi connectivity index (χ1) is 8.78. The van der Waals surface area contributed by atoms with Crippen molar-refractivity contribution in [2.45, 2.75) is 13.0 Å². The highest BCUT2D eigenvalue weighted by atomic mass is 16.5. The molecule has 18 heavy (non-hydrogen) atoms. The van der Waals surface area contributed by atoms with E-state index in [0.717, 1.165) is 31.1 Å². The maximum absolute atomic E-state index is 5.18. The van der Waals surface area contributed by atoms with Gasteiger partial charge in [0.1, 0.15) is 12.1 Å². The minimum atomic E-state index is 0.823. The van der Waals surface area contributed by atoms with Gasteiger partial charge in [-0.1, -0.05) is 12.1 Å². The van der Waals surface area contributed by atoms with E-state index in [0.29, 0.717) is 0 Å². The average molecular weight is 246 g/mol. The van der Waals surface area contributed by atoms with Crippen molar-refractivity contribution in [3.05, 3.63) is 42.0 Å². The number of nitrogens with zero attached hydrogens (tertiary/aromatic N) is 3. The zero-order valence-corrected chi connectivity index (χ0v) is 10.8. The lowest BCUT2D eigenvalue weighted by Crippen LogP contribution is -2.17. The second kappa shape index (κ2) is 6.16. The van der Waals surface area contributed by atoms with Crippen LogP contribution in [0.1, 0.15) is 11.4 Å². The van der Waals surface area contributed by atoms with E-state index in [2.05, 4.69) is 21.5 Å². The Morgan fingerprint density at radius 1 is 1.39 bits per heavy atom. The van der Waals surface area contributed by atoms with Gasteiger partial charge < -0.3 is 10.1 Å². The van der Waals surface area contributed by atoms with Crippen LogP contribution in [0.3, 0.4) is 0 Å². The van der Waals surface area contributed by atoms with Crippen molar-refractivity contribution in [3.63, 3.8) is 0 Å². The second-order valence-corrected chi connectivity index (χ2v) is 4.11. The topological polar surface area (TPSA) is 52.0 Å². The van der Waals surface area contributed by atoms with Crippen molar-refractivity contribution >= 4 is 0 Å². The molecule has 0 atom stereocenters. The predicted molar refractivity (Wildman–Crippen MR) is 69.4 cm³/mol. The van der Waals surface area contributed by atoms with Gasteiger partial charge in [0.2, 0.25) is 0 Å². The molecule has 0 fully saturated rings. The van der Waals surface area contributed by atoms with Crippen molar-refractivity contribution in [2.24, 2.45) is 7.05 Å². The number of ether oxygens (including phenoxy) is 1. The molecule has 0 aliphatic carbocycles. The van der Waals surface area contributed by atoms with Crippen LogP contribution in [0.25, 0.3) is 0 Å². The molecule has 2 aromatic rings. The highest BCUT2D eigenvalue weighted by Gasteiger charge is 1.99. The lowest BCUT2D eigenvalue weighted by molar-refractivity contribution is 0.414. The summed E-state index contributed by atoms with van der Waals surface area (Å²) in [5, 5.41) is 7.59. The third-order valence-corrected chi connectivity index (χ3v) is 2.64. The summed E-state index contributed by atoms with van der Waals surface area (Å²) in [4.78, 5) is 4.18. The third kappa shape index (κ3) is 3.56. The summed E-state index contributed by atoms with van der Waals surface area (Å²) in [6, 6.07) is 8.05. The van der Waals surface area contributed by atoms with Crippen molar-refractivity contribution in [1.82, 2.24) is 20.1 Å². The summed E-state index contributed by atoms with van der Waals surface area (Å²) >= 11 is 0. The normalized spacial score (nSPS) is 10.6. The van der Waals surface area contributed by atoms with E-state index in [1.54, 1.807) is 18.1 Å². The fraction of sp³-hybridized carbons (Fsp3) is 0.385. The maximum Gasteiger partial charge on any atom is 0.151 e. The van der Waals surface area contributed by atoms with Crippen LogP contribution in [0.4, 0.5) is 0 Å². The van der Waals surface area contributed by atoms with Crippen LogP contribution in [-0.4, -0.2) is 28.4 Å². The van der Waals surface area contributed by atoms with Crippen LogP contribution in [-0.2, 0) is 20.0 Å². The number of nitrogens with one attached hydrogen (secondary N) is 1. The van der Waals surface area contributed by atoms with Gasteiger partial charge in [0.15, 0.2) is 5.82 Å². The van der Waals surface area contributed by atoms with E-state index in [-0.39, 0.29) is 0 Å². The standard InChI is InChI=1S/C13H18N4O/c1-17-10-15-13(16-17)6-7-14-9-11-4-3-5-12(8-11)18-2/h3-5,8,10,14H,6-7,9H2,1-2H3. The average Bonchev–Trinajstić information content (AvgIpc) is 2.81. The Kier molecular flexibility index (Phi) is 4.30. The van der Waals surface area contributed by atoms with Crippen molar-refractivity contribution < 1.29 is 4.74 Å². The summed E-state index contributed by atoms with van der Waals surface area (Å²) < 4.78 is 6.90. The smallest absolute Gasteiger partial charge is 0.151 e. The fourth-order valence-electron chi connectivity index (χ4n) is 1.71. The first kappa shape index (κ1) is 12.6. The van der Waals surface area contributed by atoms with E-state index in [1.165, 1.54) is 5.56 Å². The largest absolute Gasteiger partial charge is 0.497 e. The number of aryl methyl sites for hydroxylation is 1. The van der Waals surface area contributed by atoms with Gasteiger partial charge >= 0.3 is 0 Å². The van der Waals surface area contributed by atoms with Crippen LogP contribution < -0.4 is 10.1 Å². The molecule has 0 unspecified atom stereocenters. The zero-order valence-electron chi connectivity index (χ0n) is 10.8. The molecule has 0 aliphatic heterocycles. The number of benzene rings is 1. The molecule has 1 N–H and O–H groups in total. The minimum absolute atomic E-state index is 0.823. The fourth-order valence-corrected chi connectivity index (χ4v) is 1.71. The highest BCUT2D eigenvalue weighted by molar-refractivity contribution is 5.28. The van der Waals surface area contributed by atoms with Crippen LogP contribution in [0, 0.1) is 0 Å². The van der Waals surface area contributed by atoms with E-state index in [9.17, 15) is 0 Å². The number of aromatic nitrogens is 3. The summed E-state index contributed by atoms with van der Waals surface area (Å²) in [6.07, 6.45) is 2.56. The zero-order chi connectivity index (χ0) is 12.8. The third-order valence-electron chi connectivity index (χ3n) is 2.64. The van der Waals surface area contributed by atoms with Crippen LogP contribution in [0.5, 0.6) is 5.75 Å². The number of rotatable bonds is 6. The Hall–Kier alpha value is -1.88. The Morgan fingerprint density at radius 2 is 2.28 bits per heavy atom. The summed E-state index contributed by atoms with van der Waals surface area (Å²) in [6.45, 7) is 1.69. The van der Waals surface area contributed by atoms with Gasteiger partial charge in [-0.2, -0.15) is 5.10 Å². The van der Waals surface area contributed by atoms with E-state index in [4.69, 9.17) is 4.74 Å². The molecule has 0 saturated carbocycles. The molecule has 0 spiro atoms. The number of hydrogen-bond donors (Lipinski definition) is 1. The van der Waals surface area contributed by atoms with E-state index < -0.39 is 0 Å². The number of methoxy groups -OCH3 is 1. The molecular formula is C13H18N4O. The lowest BCUT2D eigenvalue weighted by Gasteiger charge is -2.05. The molecule has 0 saturated heterocycles. The molecular weight excluding hydrogens is 228 g/mol. The summed E-state index contributed by atoms with van der Waals surface area (Å²) in [5.74, 6) is 1.76. The van der Waals surface area contributed by atoms with Crippen molar-refractivity contribution in [1.29, 1.82) is 0 Å². The van der Waals surface area contributed by atoms with Crippen LogP contribution in [0.15, 0.2) is 30.6 Å². The molecule has 1 aromatic carbocycles. The van der Waals surface area contributed by atoms with Crippen LogP contribution >= 0.6 is 0 Å². The molecule has 1 aromatic heterocycles. The van der Waals surface area contributed by atoms with Crippen molar-refractivity contribution in [2.75, 3.05) is 13.7 Å². The highest BCUT2D eigenvalue weighted by Crippen LogP contribution is 2.11. The van der Waals surface area contributed by atoms with Gasteiger partial charge in [0, 0.05) is 26.6 Å². The molecule has 1 heterocycles. The van der Waals surface area contributed by atoms with Gasteiger partial charge in [0.25, 0.3) is 0 Å². The maximum atomic E-state index is 5.18. The van der Waals surface area contributed by atoms with E-state index >= 15 is 0 Å². The monoisotopic (exact) mass is 246 g/mol. The van der Waals surface area contributed by atoms with Gasteiger partial charge in [-0.15, -0.1) is 0 Å². The molecule has 96 valence electrons. The molecule has 5 heteroatoms. The van der Waals surface area contributed by atoms with Gasteiger partial charge in [0.05, 0.1) is 7.11 Å². The molecule has 0 amide bonds. The number of hydrogen-bond acceptors (Lipinski definition) is 4. The summed E-state index contributed by atoms with van der Waals surface area (Å²) in [7, 11) is 3.56. The Balaban J connectivity index is 1.74. The van der Waals surface area contributed by atoms with Gasteiger partial charge in [-0.25, -0.2) is 4.98 Å². The molecule has 2 rings (SSSR count).